The molecule has 156 valence electrons. The van der Waals surface area contributed by atoms with Crippen LogP contribution in [0.5, 0.6) is 0 Å². The summed E-state index contributed by atoms with van der Waals surface area (Å²) < 4.78 is 1.78. The van der Waals surface area contributed by atoms with Crippen molar-refractivity contribution in [3.63, 3.8) is 0 Å². The van der Waals surface area contributed by atoms with E-state index in [0.29, 0.717) is 5.56 Å². The van der Waals surface area contributed by atoms with Crippen molar-refractivity contribution >= 4 is 10.8 Å². The van der Waals surface area contributed by atoms with Gasteiger partial charge in [0.25, 0.3) is 5.56 Å². The quantitative estimate of drug-likeness (QED) is 0.537. The van der Waals surface area contributed by atoms with Crippen molar-refractivity contribution in [2.75, 3.05) is 13.2 Å². The lowest BCUT2D eigenvalue weighted by Gasteiger charge is -2.20. The van der Waals surface area contributed by atoms with Gasteiger partial charge < -0.3 is 15.0 Å². The maximum atomic E-state index is 13.7. The average molecular weight is 412 g/mol. The predicted molar refractivity (Wildman–Crippen MR) is 124 cm³/mol. The number of aromatic nitrogens is 2. The Labute approximate surface area is 181 Å². The zero-order valence-corrected chi connectivity index (χ0v) is 17.5. The molecule has 2 aromatic carbocycles. The van der Waals surface area contributed by atoms with Crippen LogP contribution in [0.25, 0.3) is 33.0 Å². The largest absolute Gasteiger partial charge is 0.395 e. The van der Waals surface area contributed by atoms with Crippen LogP contribution in [-0.2, 0) is 7.05 Å². The summed E-state index contributed by atoms with van der Waals surface area (Å²) in [6, 6.07) is 20.5. The van der Waals surface area contributed by atoms with Gasteiger partial charge in [-0.1, -0.05) is 36.4 Å². The maximum Gasteiger partial charge on any atom is 0.259 e. The van der Waals surface area contributed by atoms with Crippen molar-refractivity contribution in [2.24, 2.45) is 7.05 Å². The van der Waals surface area contributed by atoms with Crippen LogP contribution in [0, 0.1) is 0 Å². The summed E-state index contributed by atoms with van der Waals surface area (Å²) in [4.78, 5) is 17.9. The molecule has 0 amide bonds. The third-order valence-electron chi connectivity index (χ3n) is 6.36. The molecular formula is C26H25N3O2. The van der Waals surface area contributed by atoms with Crippen LogP contribution in [0.15, 0.2) is 77.9 Å². The Kier molecular flexibility index (Phi) is 5.14. The number of aliphatic hydroxyl groups is 1. The van der Waals surface area contributed by atoms with Gasteiger partial charge in [0.15, 0.2) is 0 Å². The van der Waals surface area contributed by atoms with Crippen LogP contribution >= 0.6 is 0 Å². The third-order valence-corrected chi connectivity index (χ3v) is 6.36. The Bertz CT molecular complexity index is 1300. The summed E-state index contributed by atoms with van der Waals surface area (Å²) in [5, 5.41) is 15.1. The number of hydrogen-bond donors (Lipinski definition) is 2. The SMILES string of the molecule is Cn1c(C2CNC(CO)C2)cc(-c2ccncc2)c(-c2ccc3ccccc3c2)c1=O. The van der Waals surface area contributed by atoms with E-state index in [1.54, 1.807) is 17.0 Å². The summed E-state index contributed by atoms with van der Waals surface area (Å²) in [5.74, 6) is 0.182. The smallest absolute Gasteiger partial charge is 0.259 e. The number of fused-ring (bicyclic) bond motifs is 1. The van der Waals surface area contributed by atoms with Gasteiger partial charge in [-0.3, -0.25) is 9.78 Å². The molecule has 4 aromatic rings. The first kappa shape index (κ1) is 19.7. The Hall–Kier alpha value is -3.28. The Morgan fingerprint density at radius 1 is 1.03 bits per heavy atom. The highest BCUT2D eigenvalue weighted by Crippen LogP contribution is 2.34. The van der Waals surface area contributed by atoms with Crippen LogP contribution < -0.4 is 10.9 Å². The van der Waals surface area contributed by atoms with E-state index < -0.39 is 0 Å². The van der Waals surface area contributed by atoms with Crippen molar-refractivity contribution in [3.05, 3.63) is 89.1 Å². The highest BCUT2D eigenvalue weighted by Gasteiger charge is 2.28. The number of aliphatic hydroxyl groups excluding tert-OH is 1. The number of rotatable bonds is 4. The molecule has 1 aliphatic rings. The van der Waals surface area contributed by atoms with Crippen LogP contribution in [0.2, 0.25) is 0 Å². The first-order valence-electron chi connectivity index (χ1n) is 10.6. The molecule has 1 aliphatic heterocycles. The van der Waals surface area contributed by atoms with E-state index in [-0.39, 0.29) is 24.1 Å². The molecule has 5 heteroatoms. The minimum absolute atomic E-state index is 0.00737. The number of nitrogens with zero attached hydrogens (tertiary/aromatic N) is 2. The minimum Gasteiger partial charge on any atom is -0.395 e. The zero-order chi connectivity index (χ0) is 21.4. The molecule has 0 radical (unpaired) electrons. The maximum absolute atomic E-state index is 13.7. The molecule has 1 saturated heterocycles. The molecule has 5 nitrogen and oxygen atoms in total. The Morgan fingerprint density at radius 2 is 1.81 bits per heavy atom. The first-order valence-corrected chi connectivity index (χ1v) is 10.6. The fourth-order valence-corrected chi connectivity index (χ4v) is 4.68. The number of nitrogens with one attached hydrogen (secondary N) is 1. The van der Waals surface area contributed by atoms with E-state index in [1.807, 2.05) is 37.4 Å². The monoisotopic (exact) mass is 411 g/mol. The van der Waals surface area contributed by atoms with Gasteiger partial charge >= 0.3 is 0 Å². The van der Waals surface area contributed by atoms with Crippen LogP contribution in [0.3, 0.4) is 0 Å². The summed E-state index contributed by atoms with van der Waals surface area (Å²) in [7, 11) is 1.85. The molecule has 5 rings (SSSR count). The van der Waals surface area contributed by atoms with Crippen LogP contribution in [0.1, 0.15) is 18.0 Å². The van der Waals surface area contributed by atoms with Gasteiger partial charge in [0.05, 0.1) is 12.2 Å². The van der Waals surface area contributed by atoms with Gasteiger partial charge in [-0.05, 0) is 58.1 Å². The van der Waals surface area contributed by atoms with E-state index in [4.69, 9.17) is 0 Å². The molecular weight excluding hydrogens is 386 g/mol. The van der Waals surface area contributed by atoms with Crippen LogP contribution in [0.4, 0.5) is 0 Å². The molecule has 2 aromatic heterocycles. The second-order valence-electron chi connectivity index (χ2n) is 8.24. The van der Waals surface area contributed by atoms with E-state index >= 15 is 0 Å². The van der Waals surface area contributed by atoms with E-state index in [1.165, 1.54) is 0 Å². The summed E-state index contributed by atoms with van der Waals surface area (Å²) in [5.41, 5.74) is 4.49. The fourth-order valence-electron chi connectivity index (χ4n) is 4.68. The van der Waals surface area contributed by atoms with Crippen molar-refractivity contribution in [1.82, 2.24) is 14.9 Å². The van der Waals surface area contributed by atoms with Gasteiger partial charge in [-0.25, -0.2) is 0 Å². The molecule has 0 spiro atoms. The number of hydrogen-bond acceptors (Lipinski definition) is 4. The second kappa shape index (κ2) is 8.10. The third kappa shape index (κ3) is 3.56. The van der Waals surface area contributed by atoms with Gasteiger partial charge in [0.1, 0.15) is 0 Å². The highest BCUT2D eigenvalue weighted by molar-refractivity contribution is 5.91. The molecule has 3 heterocycles. The van der Waals surface area contributed by atoms with Crippen LogP contribution in [-0.4, -0.2) is 33.9 Å². The highest BCUT2D eigenvalue weighted by atomic mass is 16.3. The number of benzene rings is 2. The van der Waals surface area contributed by atoms with E-state index in [0.717, 1.165) is 46.1 Å². The van der Waals surface area contributed by atoms with E-state index in [9.17, 15) is 9.90 Å². The molecule has 31 heavy (non-hydrogen) atoms. The minimum atomic E-state index is -0.00737. The predicted octanol–water partition coefficient (Wildman–Crippen LogP) is 3.71. The summed E-state index contributed by atoms with van der Waals surface area (Å²) in [6.07, 6.45) is 4.33. The van der Waals surface area contributed by atoms with E-state index in [2.05, 4.69) is 40.6 Å². The van der Waals surface area contributed by atoms with Crippen molar-refractivity contribution in [2.45, 2.75) is 18.4 Å². The zero-order valence-electron chi connectivity index (χ0n) is 17.5. The summed E-state index contributed by atoms with van der Waals surface area (Å²) in [6.45, 7) is 0.862. The average Bonchev–Trinajstić information content (AvgIpc) is 3.30. The lowest BCUT2D eigenvalue weighted by Crippen LogP contribution is -2.25. The van der Waals surface area contributed by atoms with Crippen molar-refractivity contribution in [1.29, 1.82) is 0 Å². The normalized spacial score (nSPS) is 18.5. The Morgan fingerprint density at radius 3 is 2.55 bits per heavy atom. The molecule has 2 unspecified atom stereocenters. The molecule has 1 fully saturated rings. The standard InChI is InChI=1S/C26H25N3O2/c1-29-24(21-13-22(16-30)28-15-21)14-23(18-8-10-27-11-9-18)25(26(29)31)20-7-6-17-4-2-3-5-19(17)12-20/h2-12,14,21-22,28,30H,13,15-16H2,1H3. The lowest BCUT2D eigenvalue weighted by atomic mass is 9.91. The molecule has 0 saturated carbocycles. The fraction of sp³-hybridized carbons (Fsp3) is 0.231. The molecule has 2 atom stereocenters. The lowest BCUT2D eigenvalue weighted by molar-refractivity contribution is 0.254. The molecule has 2 N–H and O–H groups in total. The topological polar surface area (TPSA) is 67.2 Å². The molecule has 0 bridgehead atoms. The number of pyridine rings is 2. The van der Waals surface area contributed by atoms with Crippen molar-refractivity contribution < 1.29 is 5.11 Å². The van der Waals surface area contributed by atoms with Gasteiger partial charge in [0, 0.05) is 43.6 Å². The molecule has 0 aliphatic carbocycles. The second-order valence-corrected chi connectivity index (χ2v) is 8.24. The van der Waals surface area contributed by atoms with Gasteiger partial charge in [0.2, 0.25) is 0 Å². The first-order chi connectivity index (χ1) is 15.2. The van der Waals surface area contributed by atoms with Crippen molar-refractivity contribution in [3.8, 4) is 22.3 Å². The van der Waals surface area contributed by atoms with Gasteiger partial charge in [-0.15, -0.1) is 0 Å². The Balaban J connectivity index is 1.73. The summed E-state index contributed by atoms with van der Waals surface area (Å²) >= 11 is 0. The van der Waals surface area contributed by atoms with Gasteiger partial charge in [-0.2, -0.15) is 0 Å².